The largest absolute Gasteiger partial charge is 0.507 e. The molecule has 2 heterocycles. The first-order valence-electron chi connectivity index (χ1n) is 6.94. The van der Waals surface area contributed by atoms with Gasteiger partial charge in [0, 0.05) is 13.2 Å². The third-order valence-electron chi connectivity index (χ3n) is 3.66. The number of carboxylic acids is 1. The summed E-state index contributed by atoms with van der Waals surface area (Å²) < 4.78 is 7.21. The van der Waals surface area contributed by atoms with Gasteiger partial charge in [0.05, 0.1) is 11.4 Å². The first-order chi connectivity index (χ1) is 10.6. The van der Waals surface area contributed by atoms with Crippen molar-refractivity contribution in [1.29, 1.82) is 0 Å². The molecule has 0 saturated carbocycles. The molecule has 0 bridgehead atoms. The Bertz CT molecular complexity index is 707. The van der Waals surface area contributed by atoms with E-state index in [1.165, 1.54) is 16.8 Å². The number of rotatable bonds is 4. The minimum absolute atomic E-state index is 0.157. The molecule has 0 aliphatic carbocycles. The van der Waals surface area contributed by atoms with Crippen LogP contribution in [0.3, 0.4) is 0 Å². The number of nitrogens with two attached hydrogens (primary N) is 1. The van der Waals surface area contributed by atoms with Crippen LogP contribution in [0.1, 0.15) is 40.7 Å². The van der Waals surface area contributed by atoms with E-state index in [0.717, 1.165) is 18.5 Å². The summed E-state index contributed by atoms with van der Waals surface area (Å²) in [6.07, 6.45) is 1.62. The monoisotopic (exact) mass is 304 g/mol. The average molecular weight is 304 g/mol. The molecule has 1 aromatic carbocycles. The molecule has 8 heteroatoms. The van der Waals surface area contributed by atoms with Gasteiger partial charge >= 0.3 is 5.97 Å². The Kier molecular flexibility index (Phi) is 3.78. The third-order valence-corrected chi connectivity index (χ3v) is 3.66. The fourth-order valence-electron chi connectivity index (χ4n) is 2.60. The molecule has 22 heavy (non-hydrogen) atoms. The smallest absolute Gasteiger partial charge is 0.339 e. The Morgan fingerprint density at radius 3 is 2.95 bits per heavy atom. The molecular weight excluding hydrogens is 288 g/mol. The van der Waals surface area contributed by atoms with Crippen LogP contribution in [0.4, 0.5) is 0 Å². The summed E-state index contributed by atoms with van der Waals surface area (Å²) in [6, 6.07) is 4.25. The summed E-state index contributed by atoms with van der Waals surface area (Å²) in [7, 11) is 0. The van der Waals surface area contributed by atoms with Crippen molar-refractivity contribution >= 4 is 5.97 Å². The highest BCUT2D eigenvalue weighted by atomic mass is 16.5. The molecule has 1 aliphatic rings. The van der Waals surface area contributed by atoms with Gasteiger partial charge in [0.2, 0.25) is 0 Å². The number of aromatic hydroxyl groups is 1. The Morgan fingerprint density at radius 1 is 1.50 bits per heavy atom. The van der Waals surface area contributed by atoms with Crippen molar-refractivity contribution in [3.63, 3.8) is 0 Å². The van der Waals surface area contributed by atoms with Gasteiger partial charge in [-0.1, -0.05) is 5.21 Å². The van der Waals surface area contributed by atoms with E-state index in [1.54, 1.807) is 6.07 Å². The zero-order chi connectivity index (χ0) is 15.7. The molecule has 0 amide bonds. The summed E-state index contributed by atoms with van der Waals surface area (Å²) in [6.45, 7) is 0.884. The molecule has 0 spiro atoms. The van der Waals surface area contributed by atoms with E-state index in [2.05, 4.69) is 10.3 Å². The molecule has 1 saturated heterocycles. The molecule has 116 valence electrons. The van der Waals surface area contributed by atoms with Gasteiger partial charge in [0.1, 0.15) is 23.1 Å². The van der Waals surface area contributed by atoms with Gasteiger partial charge in [-0.3, -0.25) is 0 Å². The minimum atomic E-state index is -1.21. The Labute approximate surface area is 126 Å². The first-order valence-corrected chi connectivity index (χ1v) is 6.94. The van der Waals surface area contributed by atoms with Crippen LogP contribution in [0.25, 0.3) is 5.69 Å². The molecule has 1 unspecified atom stereocenters. The van der Waals surface area contributed by atoms with Crippen LogP contribution < -0.4 is 5.73 Å². The van der Waals surface area contributed by atoms with Crippen LogP contribution >= 0.6 is 0 Å². The summed E-state index contributed by atoms with van der Waals surface area (Å²) in [5.74, 6) is -1.51. The average Bonchev–Trinajstić information content (AvgIpc) is 3.15. The van der Waals surface area contributed by atoms with Crippen LogP contribution in [-0.4, -0.2) is 37.8 Å². The quantitative estimate of drug-likeness (QED) is 0.769. The second-order valence-corrected chi connectivity index (χ2v) is 5.05. The lowest BCUT2D eigenvalue weighted by Crippen LogP contribution is -2.11. The van der Waals surface area contributed by atoms with Crippen molar-refractivity contribution in [2.75, 3.05) is 6.61 Å². The summed E-state index contributed by atoms with van der Waals surface area (Å²) in [4.78, 5) is 11.2. The van der Waals surface area contributed by atoms with Crippen LogP contribution in [0.5, 0.6) is 5.75 Å². The van der Waals surface area contributed by atoms with Gasteiger partial charge in [0.25, 0.3) is 0 Å². The normalized spacial score (nSPS) is 17.8. The number of benzene rings is 1. The van der Waals surface area contributed by atoms with Crippen molar-refractivity contribution in [1.82, 2.24) is 15.0 Å². The molecule has 1 aliphatic heterocycles. The maximum Gasteiger partial charge on any atom is 0.339 e. The van der Waals surface area contributed by atoms with Crippen molar-refractivity contribution in [2.45, 2.75) is 25.5 Å². The molecule has 8 nitrogen and oxygen atoms in total. The van der Waals surface area contributed by atoms with E-state index < -0.39 is 5.97 Å². The Balaban J connectivity index is 2.10. The lowest BCUT2D eigenvalue weighted by Gasteiger charge is -2.14. The van der Waals surface area contributed by atoms with Crippen LogP contribution in [0, 0.1) is 0 Å². The number of phenols is 1. The third kappa shape index (κ3) is 2.42. The summed E-state index contributed by atoms with van der Waals surface area (Å²) in [5, 5.41) is 26.8. The van der Waals surface area contributed by atoms with Crippen LogP contribution in [0.2, 0.25) is 0 Å². The molecular formula is C14H16N4O4. The molecule has 1 aromatic heterocycles. The number of aromatic carboxylic acids is 1. The second kappa shape index (κ2) is 5.74. The maximum absolute atomic E-state index is 11.2. The highest BCUT2D eigenvalue weighted by Crippen LogP contribution is 2.32. The maximum atomic E-state index is 11.2. The predicted octanol–water partition coefficient (Wildman–Crippen LogP) is 0.981. The number of hydrogen-bond donors (Lipinski definition) is 3. The SMILES string of the molecule is NCc1nnn(-c2ccc(O)c(C(=O)O)c2)c1C1CCCO1. The lowest BCUT2D eigenvalue weighted by atomic mass is 10.1. The predicted molar refractivity (Wildman–Crippen MR) is 75.8 cm³/mol. The van der Waals surface area contributed by atoms with E-state index in [9.17, 15) is 9.90 Å². The molecule has 1 atom stereocenters. The highest BCUT2D eigenvalue weighted by molar-refractivity contribution is 5.91. The molecule has 1 fully saturated rings. The topological polar surface area (TPSA) is 123 Å². The minimum Gasteiger partial charge on any atom is -0.507 e. The van der Waals surface area contributed by atoms with E-state index in [1.807, 2.05) is 0 Å². The highest BCUT2D eigenvalue weighted by Gasteiger charge is 2.27. The number of hydrogen-bond acceptors (Lipinski definition) is 6. The van der Waals surface area contributed by atoms with Crippen LogP contribution in [-0.2, 0) is 11.3 Å². The fourth-order valence-corrected chi connectivity index (χ4v) is 2.60. The van der Waals surface area contributed by atoms with Gasteiger partial charge in [0.15, 0.2) is 0 Å². The number of aromatic nitrogens is 3. The molecule has 2 aromatic rings. The van der Waals surface area contributed by atoms with Gasteiger partial charge < -0.3 is 20.7 Å². The summed E-state index contributed by atoms with van der Waals surface area (Å²) in [5.41, 5.74) is 7.37. The first kappa shape index (κ1) is 14.5. The zero-order valence-corrected chi connectivity index (χ0v) is 11.8. The Hall–Kier alpha value is -2.45. The second-order valence-electron chi connectivity index (χ2n) is 5.05. The van der Waals surface area contributed by atoms with Crippen molar-refractivity contribution in [3.8, 4) is 11.4 Å². The number of ether oxygens (including phenoxy) is 1. The van der Waals surface area contributed by atoms with Gasteiger partial charge in [-0.25, -0.2) is 9.48 Å². The number of nitrogens with zero attached hydrogens (tertiary/aromatic N) is 3. The van der Waals surface area contributed by atoms with Gasteiger partial charge in [-0.05, 0) is 31.0 Å². The van der Waals surface area contributed by atoms with Crippen LogP contribution in [0.15, 0.2) is 18.2 Å². The van der Waals surface area contributed by atoms with Gasteiger partial charge in [-0.2, -0.15) is 0 Å². The van der Waals surface area contributed by atoms with E-state index in [-0.39, 0.29) is 24.0 Å². The number of carboxylic acid groups (broad SMARTS) is 1. The van der Waals surface area contributed by atoms with Crippen molar-refractivity contribution in [3.05, 3.63) is 35.2 Å². The zero-order valence-electron chi connectivity index (χ0n) is 11.8. The van der Waals surface area contributed by atoms with Crippen molar-refractivity contribution in [2.24, 2.45) is 5.73 Å². The molecule has 3 rings (SSSR count). The fraction of sp³-hybridized carbons (Fsp3) is 0.357. The van der Waals surface area contributed by atoms with E-state index in [0.29, 0.717) is 18.0 Å². The Morgan fingerprint density at radius 2 is 2.32 bits per heavy atom. The molecule has 0 radical (unpaired) electrons. The van der Waals surface area contributed by atoms with Gasteiger partial charge in [-0.15, -0.1) is 5.10 Å². The molecule has 4 N–H and O–H groups in total. The van der Waals surface area contributed by atoms with E-state index in [4.69, 9.17) is 15.6 Å². The lowest BCUT2D eigenvalue weighted by molar-refractivity contribution is 0.0693. The standard InChI is InChI=1S/C14H16N4O4/c15-7-10-13(12-2-1-5-22-12)18(17-16-10)8-3-4-11(19)9(6-8)14(20)21/h3-4,6,12,19H,1-2,5,7,15H2,(H,20,21). The number of carbonyl (C=O) groups is 1. The van der Waals surface area contributed by atoms with E-state index >= 15 is 0 Å². The van der Waals surface area contributed by atoms with Crippen molar-refractivity contribution < 1.29 is 19.7 Å². The summed E-state index contributed by atoms with van der Waals surface area (Å²) >= 11 is 0.